The highest BCUT2D eigenvalue weighted by atomic mass is 35.5. The van der Waals surface area contributed by atoms with Crippen LogP contribution in [0.25, 0.3) is 5.57 Å². The normalized spacial score (nSPS) is 17.3. The zero-order valence-electron chi connectivity index (χ0n) is 17.3. The van der Waals surface area contributed by atoms with Crippen LogP contribution in [0.3, 0.4) is 0 Å². The molecule has 0 atom stereocenters. The summed E-state index contributed by atoms with van der Waals surface area (Å²) in [6.45, 7) is 6.66. The number of carbonyl (C=O) groups excluding carboxylic acids is 2. The molecule has 2 heterocycles. The van der Waals surface area contributed by atoms with Crippen molar-refractivity contribution < 1.29 is 14.3 Å². The Labute approximate surface area is 181 Å². The summed E-state index contributed by atoms with van der Waals surface area (Å²) in [5, 5.41) is 0.667. The van der Waals surface area contributed by atoms with Gasteiger partial charge in [0.2, 0.25) is 0 Å². The Balaban J connectivity index is 1.67. The zero-order chi connectivity index (χ0) is 21.3. The number of aryl methyl sites for hydroxylation is 2. The predicted molar refractivity (Wildman–Crippen MR) is 117 cm³/mol. The molecule has 5 nitrogen and oxygen atoms in total. The third kappa shape index (κ3) is 4.00. The van der Waals surface area contributed by atoms with Crippen molar-refractivity contribution in [2.24, 2.45) is 0 Å². The molecule has 0 aromatic heterocycles. The fraction of sp³-hybridized carbons (Fsp3) is 0.333. The molecule has 2 aromatic rings. The van der Waals surface area contributed by atoms with Crippen molar-refractivity contribution in [3.63, 3.8) is 0 Å². The molecular weight excluding hydrogens is 400 g/mol. The number of hydrogen-bond acceptors (Lipinski definition) is 4. The van der Waals surface area contributed by atoms with Gasteiger partial charge in [-0.1, -0.05) is 47.5 Å². The molecule has 0 unspecified atom stereocenters. The lowest BCUT2D eigenvalue weighted by atomic mass is 9.97. The molecule has 0 N–H and O–H groups in total. The average Bonchev–Trinajstić information content (AvgIpc) is 2.98. The Morgan fingerprint density at radius 2 is 1.67 bits per heavy atom. The molecule has 30 heavy (non-hydrogen) atoms. The van der Waals surface area contributed by atoms with Gasteiger partial charge in [-0.15, -0.1) is 0 Å². The molecule has 156 valence electrons. The minimum absolute atomic E-state index is 0.217. The van der Waals surface area contributed by atoms with Crippen molar-refractivity contribution in [3.05, 3.63) is 75.4 Å². The third-order valence-corrected chi connectivity index (χ3v) is 5.91. The van der Waals surface area contributed by atoms with E-state index >= 15 is 0 Å². The SMILES string of the molecule is Cc1ccc(C2=C(N3CCOCC3)C(=O)N(CCc3ccc(Cl)cc3)C2=O)c(C)c1. The number of imide groups is 1. The molecule has 0 saturated carbocycles. The van der Waals surface area contributed by atoms with Gasteiger partial charge in [0, 0.05) is 24.7 Å². The highest BCUT2D eigenvalue weighted by Gasteiger charge is 2.42. The van der Waals surface area contributed by atoms with Crippen LogP contribution in [-0.2, 0) is 20.7 Å². The molecule has 0 aliphatic carbocycles. The van der Waals surface area contributed by atoms with E-state index in [0.717, 1.165) is 22.3 Å². The highest BCUT2D eigenvalue weighted by Crippen LogP contribution is 2.34. The number of nitrogens with zero attached hydrogens (tertiary/aromatic N) is 2. The van der Waals surface area contributed by atoms with Crippen LogP contribution < -0.4 is 0 Å². The summed E-state index contributed by atoms with van der Waals surface area (Å²) in [5.74, 6) is -0.437. The Morgan fingerprint density at radius 1 is 0.967 bits per heavy atom. The molecular formula is C24H25ClN2O3. The number of halogens is 1. The van der Waals surface area contributed by atoms with Crippen molar-refractivity contribution in [2.75, 3.05) is 32.8 Å². The van der Waals surface area contributed by atoms with Crippen LogP contribution in [0.1, 0.15) is 22.3 Å². The fourth-order valence-electron chi connectivity index (χ4n) is 4.08. The Morgan fingerprint density at radius 3 is 2.33 bits per heavy atom. The third-order valence-electron chi connectivity index (χ3n) is 5.66. The summed E-state index contributed by atoms with van der Waals surface area (Å²) in [5.41, 5.74) is 5.00. The van der Waals surface area contributed by atoms with Gasteiger partial charge >= 0.3 is 0 Å². The first kappa shape index (κ1) is 20.6. The number of hydrogen-bond donors (Lipinski definition) is 0. The number of amides is 2. The second kappa shape index (κ2) is 8.62. The summed E-state index contributed by atoms with van der Waals surface area (Å²) in [6.07, 6.45) is 0.588. The topological polar surface area (TPSA) is 49.9 Å². The lowest BCUT2D eigenvalue weighted by Gasteiger charge is -2.29. The summed E-state index contributed by atoms with van der Waals surface area (Å²) >= 11 is 5.96. The second-order valence-electron chi connectivity index (χ2n) is 7.78. The molecule has 2 amide bonds. The monoisotopic (exact) mass is 424 g/mol. The van der Waals surface area contributed by atoms with Gasteiger partial charge in [0.1, 0.15) is 5.70 Å². The van der Waals surface area contributed by atoms with Gasteiger partial charge < -0.3 is 9.64 Å². The first-order valence-electron chi connectivity index (χ1n) is 10.2. The van der Waals surface area contributed by atoms with E-state index < -0.39 is 0 Å². The molecule has 4 rings (SSSR count). The van der Waals surface area contributed by atoms with Crippen molar-refractivity contribution >= 4 is 29.0 Å². The Kier molecular flexibility index (Phi) is 5.93. The maximum atomic E-state index is 13.5. The van der Waals surface area contributed by atoms with Gasteiger partial charge in [-0.05, 0) is 49.1 Å². The first-order chi connectivity index (χ1) is 14.5. The van der Waals surface area contributed by atoms with Crippen LogP contribution in [0.4, 0.5) is 0 Å². The number of rotatable bonds is 5. The first-order valence-corrected chi connectivity index (χ1v) is 10.6. The molecule has 1 saturated heterocycles. The summed E-state index contributed by atoms with van der Waals surface area (Å²) < 4.78 is 5.46. The summed E-state index contributed by atoms with van der Waals surface area (Å²) in [4.78, 5) is 30.2. The molecule has 0 radical (unpaired) electrons. The van der Waals surface area contributed by atoms with Crippen LogP contribution in [0.2, 0.25) is 5.02 Å². The van der Waals surface area contributed by atoms with E-state index in [1.54, 1.807) is 0 Å². The molecule has 0 spiro atoms. The minimum Gasteiger partial charge on any atom is -0.378 e. The Hall–Kier alpha value is -2.63. The molecule has 1 fully saturated rings. The van der Waals surface area contributed by atoms with E-state index in [0.29, 0.717) is 55.6 Å². The van der Waals surface area contributed by atoms with Gasteiger partial charge in [0.15, 0.2) is 0 Å². The summed E-state index contributed by atoms with van der Waals surface area (Å²) in [7, 11) is 0. The minimum atomic E-state index is -0.220. The van der Waals surface area contributed by atoms with Crippen molar-refractivity contribution in [3.8, 4) is 0 Å². The second-order valence-corrected chi connectivity index (χ2v) is 8.22. The van der Waals surface area contributed by atoms with Crippen molar-refractivity contribution in [2.45, 2.75) is 20.3 Å². The fourth-order valence-corrected chi connectivity index (χ4v) is 4.20. The van der Waals surface area contributed by atoms with E-state index in [9.17, 15) is 9.59 Å². The largest absolute Gasteiger partial charge is 0.378 e. The smallest absolute Gasteiger partial charge is 0.277 e. The van der Waals surface area contributed by atoms with Gasteiger partial charge in [-0.25, -0.2) is 0 Å². The molecule has 2 aromatic carbocycles. The van der Waals surface area contributed by atoms with Crippen LogP contribution in [0.5, 0.6) is 0 Å². The number of carbonyl (C=O) groups is 2. The zero-order valence-corrected chi connectivity index (χ0v) is 18.0. The van der Waals surface area contributed by atoms with Crippen LogP contribution in [0.15, 0.2) is 48.2 Å². The van der Waals surface area contributed by atoms with Gasteiger partial charge in [-0.3, -0.25) is 14.5 Å². The van der Waals surface area contributed by atoms with Crippen molar-refractivity contribution in [1.82, 2.24) is 9.80 Å². The van der Waals surface area contributed by atoms with E-state index in [4.69, 9.17) is 16.3 Å². The summed E-state index contributed by atoms with van der Waals surface area (Å²) in [6, 6.07) is 13.5. The van der Waals surface area contributed by atoms with Crippen LogP contribution >= 0.6 is 11.6 Å². The van der Waals surface area contributed by atoms with Gasteiger partial charge in [0.25, 0.3) is 11.8 Å². The van der Waals surface area contributed by atoms with E-state index in [1.807, 2.05) is 61.2 Å². The van der Waals surface area contributed by atoms with E-state index in [2.05, 4.69) is 0 Å². The number of ether oxygens (including phenoxy) is 1. The number of benzene rings is 2. The maximum absolute atomic E-state index is 13.5. The van der Waals surface area contributed by atoms with Gasteiger partial charge in [0.05, 0.1) is 18.8 Å². The lowest BCUT2D eigenvalue weighted by molar-refractivity contribution is -0.137. The van der Waals surface area contributed by atoms with Crippen LogP contribution in [-0.4, -0.2) is 54.5 Å². The average molecular weight is 425 g/mol. The Bertz CT molecular complexity index is 1010. The van der Waals surface area contributed by atoms with E-state index in [-0.39, 0.29) is 11.8 Å². The highest BCUT2D eigenvalue weighted by molar-refractivity contribution is 6.35. The standard InChI is InChI=1S/C24H25ClN2O3/c1-16-3-8-20(17(2)15-16)21-22(26-11-13-30-14-12-26)24(29)27(23(21)28)10-9-18-4-6-19(25)7-5-18/h3-8,15H,9-14H2,1-2H3. The van der Waals surface area contributed by atoms with Crippen molar-refractivity contribution in [1.29, 1.82) is 0 Å². The quantitative estimate of drug-likeness (QED) is 0.688. The van der Waals surface area contributed by atoms with Crippen LogP contribution in [0, 0.1) is 13.8 Å². The van der Waals surface area contributed by atoms with Gasteiger partial charge in [-0.2, -0.15) is 0 Å². The van der Waals surface area contributed by atoms with E-state index in [1.165, 1.54) is 4.90 Å². The number of morpholine rings is 1. The molecule has 6 heteroatoms. The maximum Gasteiger partial charge on any atom is 0.277 e. The lowest BCUT2D eigenvalue weighted by Crippen LogP contribution is -2.40. The molecule has 2 aliphatic rings. The molecule has 2 aliphatic heterocycles. The predicted octanol–water partition coefficient (Wildman–Crippen LogP) is 3.61. The molecule has 0 bridgehead atoms.